The van der Waals surface area contributed by atoms with Crippen LogP contribution in [-0.2, 0) is 0 Å². The summed E-state index contributed by atoms with van der Waals surface area (Å²) < 4.78 is 0. The number of hydrogen-bond donors (Lipinski definition) is 2. The Morgan fingerprint density at radius 1 is 1.75 bits per heavy atom. The zero-order valence-corrected chi connectivity index (χ0v) is 2.21. The van der Waals surface area contributed by atoms with Gasteiger partial charge in [0.15, 0.2) is 0 Å². The van der Waals surface area contributed by atoms with Crippen LogP contribution in [0.2, 0.25) is 0 Å². The van der Waals surface area contributed by atoms with Crippen LogP contribution in [0.15, 0.2) is 0 Å². The van der Waals surface area contributed by atoms with Gasteiger partial charge in [0.05, 0.1) is 0 Å². The number of nitrogens with two attached hydrogens (primary N) is 1. The van der Waals surface area contributed by atoms with Crippen LogP contribution >= 0.6 is 11.8 Å². The van der Waals surface area contributed by atoms with Crippen LogP contribution in [0.1, 0.15) is 7.43 Å². The Kier molecular flexibility index (Phi) is 23.8. The van der Waals surface area contributed by atoms with Crippen molar-refractivity contribution in [3.05, 3.63) is 0 Å². The Morgan fingerprint density at radius 3 is 1.75 bits per heavy atom. The maximum absolute atomic E-state index is 4.53. The highest BCUT2D eigenvalue weighted by Crippen LogP contribution is 1.32. The van der Waals surface area contributed by atoms with E-state index in [-0.39, 0.29) is 7.43 Å². The molecule has 0 bridgehead atoms. The molecule has 0 amide bonds. The van der Waals surface area contributed by atoms with Crippen molar-refractivity contribution in [2.24, 2.45) is 5.84 Å². The molecule has 0 aliphatic rings. The lowest BCUT2D eigenvalue weighted by molar-refractivity contribution is 1.10. The van der Waals surface area contributed by atoms with Gasteiger partial charge in [-0.05, 0) is 11.8 Å². The second kappa shape index (κ2) is 10.7. The Labute approximate surface area is 31.0 Å². The Bertz CT molecular complexity index is 6.00. The van der Waals surface area contributed by atoms with Crippen molar-refractivity contribution in [3.8, 4) is 0 Å². The fourth-order valence-corrected chi connectivity index (χ4v) is 0. The average Bonchev–Trinajstić information content (AvgIpc) is 0.918. The van der Waals surface area contributed by atoms with Crippen LogP contribution in [0.3, 0.4) is 0 Å². The van der Waals surface area contributed by atoms with Gasteiger partial charge >= 0.3 is 0 Å². The van der Waals surface area contributed by atoms with Gasteiger partial charge in [0.25, 0.3) is 0 Å². The molecule has 0 aliphatic heterocycles. The molecule has 3 heteroatoms. The highest BCUT2D eigenvalue weighted by atomic mass is 35.5. The van der Waals surface area contributed by atoms with Crippen LogP contribution in [0.5, 0.6) is 0 Å². The molecule has 2 nitrogen and oxygen atoms in total. The summed E-state index contributed by atoms with van der Waals surface area (Å²) in [5, 5.41) is 0. The summed E-state index contributed by atoms with van der Waals surface area (Å²) in [4.78, 5) is 1.72. The third-order valence-electron chi connectivity index (χ3n) is 0. The summed E-state index contributed by atoms with van der Waals surface area (Å²) >= 11 is 4.53. The number of nitrogens with one attached hydrogen (secondary N) is 1. The van der Waals surface area contributed by atoms with E-state index in [1.807, 2.05) is 0 Å². The zero-order chi connectivity index (χ0) is 2.71. The molecule has 0 unspecified atom stereocenters. The Hall–Kier alpha value is 0.210. The molecular formula is CH7ClN2. The van der Waals surface area contributed by atoms with E-state index >= 15 is 0 Å². The first-order valence-corrected chi connectivity index (χ1v) is 0.856. The predicted molar refractivity (Wildman–Crippen MR) is 19.9 cm³/mol. The lowest BCUT2D eigenvalue weighted by atomic mass is 12.0. The molecule has 0 atom stereocenters. The summed E-state index contributed by atoms with van der Waals surface area (Å²) in [6, 6.07) is 0. The first-order valence-electron chi connectivity index (χ1n) is 0.478. The quantitative estimate of drug-likeness (QED) is 0.250. The lowest BCUT2D eigenvalue weighted by Crippen LogP contribution is -2.05. The molecular weight excluding hydrogens is 75.5 g/mol. The van der Waals surface area contributed by atoms with Crippen molar-refractivity contribution in [1.29, 1.82) is 0 Å². The standard InChI is InChI=1S/CH4.ClH3N2/c;1-3-2/h1H4;3H,2H2. The molecule has 0 radical (unpaired) electrons. The monoisotopic (exact) mass is 82.0 g/mol. The predicted octanol–water partition coefficient (Wildman–Crippen LogP) is 0.240. The highest BCUT2D eigenvalue weighted by Gasteiger charge is 1.27. The molecule has 0 aliphatic carbocycles. The van der Waals surface area contributed by atoms with Gasteiger partial charge in [-0.25, -0.2) is 0 Å². The normalized spacial score (nSPS) is 4.50. The molecule has 0 saturated carbocycles. The molecule has 0 aromatic rings. The second-order valence-corrected chi connectivity index (χ2v) is 0.327. The van der Waals surface area contributed by atoms with Gasteiger partial charge in [-0.1, -0.05) is 7.43 Å². The maximum atomic E-state index is 4.53. The van der Waals surface area contributed by atoms with Crippen molar-refractivity contribution in [1.82, 2.24) is 4.94 Å². The lowest BCUT2D eigenvalue weighted by Gasteiger charge is -1.57. The van der Waals surface area contributed by atoms with Gasteiger partial charge in [0.1, 0.15) is 0 Å². The number of halogens is 1. The van der Waals surface area contributed by atoms with Crippen LogP contribution in [0.4, 0.5) is 0 Å². The van der Waals surface area contributed by atoms with Crippen molar-refractivity contribution in [3.63, 3.8) is 0 Å². The van der Waals surface area contributed by atoms with E-state index in [4.69, 9.17) is 0 Å². The highest BCUT2D eigenvalue weighted by molar-refractivity contribution is 6.12. The molecule has 28 valence electrons. The summed E-state index contributed by atoms with van der Waals surface area (Å²) in [6.45, 7) is 0. The molecule has 0 saturated heterocycles. The number of hydrogen-bond acceptors (Lipinski definition) is 2. The first-order chi connectivity index (χ1) is 1.41. The van der Waals surface area contributed by atoms with E-state index in [9.17, 15) is 0 Å². The molecule has 4 heavy (non-hydrogen) atoms. The largest absolute Gasteiger partial charge is 0.257 e. The van der Waals surface area contributed by atoms with Crippen molar-refractivity contribution >= 4 is 11.8 Å². The minimum absolute atomic E-state index is 0. The summed E-state index contributed by atoms with van der Waals surface area (Å²) in [5.41, 5.74) is 0. The number of hydrazine groups is 1. The van der Waals surface area contributed by atoms with Crippen LogP contribution < -0.4 is 10.8 Å². The summed E-state index contributed by atoms with van der Waals surface area (Å²) in [5.74, 6) is 4.36. The molecule has 0 rings (SSSR count). The second-order valence-electron chi connectivity index (χ2n) is 0.109. The number of rotatable bonds is 0. The van der Waals surface area contributed by atoms with Gasteiger partial charge in [-0.15, -0.1) is 0 Å². The molecule has 0 heterocycles. The summed E-state index contributed by atoms with van der Waals surface area (Å²) in [6.07, 6.45) is 0. The Balaban J connectivity index is 0. The minimum atomic E-state index is 0. The topological polar surface area (TPSA) is 38.0 Å². The minimum Gasteiger partial charge on any atom is -0.257 e. The van der Waals surface area contributed by atoms with E-state index in [1.165, 1.54) is 0 Å². The van der Waals surface area contributed by atoms with E-state index in [0.29, 0.717) is 0 Å². The molecule has 0 aromatic heterocycles. The summed E-state index contributed by atoms with van der Waals surface area (Å²) in [7, 11) is 0. The van der Waals surface area contributed by atoms with E-state index < -0.39 is 0 Å². The molecule has 0 aromatic carbocycles. The fraction of sp³-hybridized carbons (Fsp3) is 1.00. The van der Waals surface area contributed by atoms with Gasteiger partial charge in [0.2, 0.25) is 0 Å². The van der Waals surface area contributed by atoms with Gasteiger partial charge < -0.3 is 0 Å². The zero-order valence-electron chi connectivity index (χ0n) is 1.46. The van der Waals surface area contributed by atoms with E-state index in [1.54, 1.807) is 4.94 Å². The van der Waals surface area contributed by atoms with Crippen LogP contribution in [-0.4, -0.2) is 0 Å². The molecule has 0 fully saturated rings. The van der Waals surface area contributed by atoms with Gasteiger partial charge in [-0.3, -0.25) is 5.84 Å². The van der Waals surface area contributed by atoms with Crippen LogP contribution in [0.25, 0.3) is 0 Å². The van der Waals surface area contributed by atoms with Gasteiger partial charge in [0, 0.05) is 0 Å². The Morgan fingerprint density at radius 2 is 1.75 bits per heavy atom. The molecule has 0 spiro atoms. The third kappa shape index (κ3) is 73.4. The first kappa shape index (κ1) is 8.88. The fourth-order valence-electron chi connectivity index (χ4n) is 0. The van der Waals surface area contributed by atoms with Crippen molar-refractivity contribution in [2.45, 2.75) is 7.43 Å². The SMILES string of the molecule is C.NNCl. The van der Waals surface area contributed by atoms with E-state index in [2.05, 4.69) is 17.6 Å². The smallest absolute Gasteiger partial charge is 0.00899 e. The van der Waals surface area contributed by atoms with Crippen molar-refractivity contribution in [2.75, 3.05) is 0 Å². The average molecular weight is 82.5 g/mol. The van der Waals surface area contributed by atoms with Crippen LogP contribution in [0, 0.1) is 0 Å². The van der Waals surface area contributed by atoms with Gasteiger partial charge in [-0.2, -0.15) is 4.94 Å². The van der Waals surface area contributed by atoms with E-state index in [0.717, 1.165) is 0 Å². The third-order valence-corrected chi connectivity index (χ3v) is 0. The van der Waals surface area contributed by atoms with Crippen molar-refractivity contribution < 1.29 is 0 Å². The molecule has 3 N–H and O–H groups in total. The maximum Gasteiger partial charge on any atom is -0.00899 e.